The van der Waals surface area contributed by atoms with Gasteiger partial charge in [-0.15, -0.1) is 5.10 Å². The number of amides is 2. The van der Waals surface area contributed by atoms with E-state index in [0.717, 1.165) is 5.82 Å². The Bertz CT molecular complexity index is 997. The van der Waals surface area contributed by atoms with Crippen LogP contribution in [-0.2, 0) is 9.53 Å². The third-order valence-electron chi connectivity index (χ3n) is 5.99. The van der Waals surface area contributed by atoms with Crippen LogP contribution >= 0.6 is 0 Å². The minimum absolute atomic E-state index is 0.0283. The lowest BCUT2D eigenvalue weighted by Gasteiger charge is -2.38. The fourth-order valence-corrected chi connectivity index (χ4v) is 4.17. The van der Waals surface area contributed by atoms with Crippen LogP contribution in [-0.4, -0.2) is 58.9 Å². The van der Waals surface area contributed by atoms with Crippen LogP contribution in [0.25, 0.3) is 0 Å². The minimum Gasteiger partial charge on any atom is -0.444 e. The van der Waals surface area contributed by atoms with Crippen LogP contribution in [0.3, 0.4) is 0 Å². The van der Waals surface area contributed by atoms with E-state index in [-0.39, 0.29) is 29.7 Å². The number of hydrogen-bond acceptors (Lipinski definition) is 6. The molecule has 2 saturated heterocycles. The molecule has 0 aliphatic carbocycles. The maximum absolute atomic E-state index is 14.9. The topological polar surface area (TPSA) is 87.7 Å². The zero-order valence-corrected chi connectivity index (χ0v) is 19.3. The van der Waals surface area contributed by atoms with Gasteiger partial charge in [-0.2, -0.15) is 5.10 Å². The molecule has 2 aliphatic rings. The molecule has 0 saturated carbocycles. The number of aromatic nitrogens is 2. The van der Waals surface area contributed by atoms with Crippen molar-refractivity contribution in [1.29, 1.82) is 0 Å². The molecule has 1 aromatic carbocycles. The number of piperidine rings is 1. The zero-order chi connectivity index (χ0) is 23.6. The summed E-state index contributed by atoms with van der Waals surface area (Å²) in [6.07, 6.45) is 2.62. The summed E-state index contributed by atoms with van der Waals surface area (Å²) >= 11 is 0. The third-order valence-corrected chi connectivity index (χ3v) is 5.99. The number of halogens is 1. The van der Waals surface area contributed by atoms with E-state index in [1.165, 1.54) is 6.07 Å². The summed E-state index contributed by atoms with van der Waals surface area (Å²) in [5.74, 6) is 0.133. The van der Waals surface area contributed by atoms with E-state index >= 15 is 0 Å². The molecule has 0 atom stereocenters. The fraction of sp³-hybridized carbons (Fsp3) is 0.500. The van der Waals surface area contributed by atoms with Gasteiger partial charge in [0.1, 0.15) is 11.4 Å². The summed E-state index contributed by atoms with van der Waals surface area (Å²) in [6, 6.07) is 8.53. The van der Waals surface area contributed by atoms with E-state index in [1.54, 1.807) is 29.3 Å². The summed E-state index contributed by atoms with van der Waals surface area (Å²) in [5.41, 5.74) is 0.535. The molecule has 0 bridgehead atoms. The lowest BCUT2D eigenvalue weighted by molar-refractivity contribution is -0.120. The molecule has 4 rings (SSSR count). The summed E-state index contributed by atoms with van der Waals surface area (Å²) in [6.45, 7) is 7.69. The highest BCUT2D eigenvalue weighted by Crippen LogP contribution is 2.32. The largest absolute Gasteiger partial charge is 0.444 e. The number of nitrogens with zero attached hydrogens (tertiary/aromatic N) is 4. The summed E-state index contributed by atoms with van der Waals surface area (Å²) in [7, 11) is 0. The van der Waals surface area contributed by atoms with Crippen molar-refractivity contribution in [3.05, 3.63) is 47.9 Å². The highest BCUT2D eigenvalue weighted by molar-refractivity contribution is 5.94. The second-order valence-corrected chi connectivity index (χ2v) is 9.65. The first kappa shape index (κ1) is 22.9. The quantitative estimate of drug-likeness (QED) is 0.755. The molecule has 3 heterocycles. The number of carbonyl (C=O) groups is 2. The number of rotatable bonds is 4. The van der Waals surface area contributed by atoms with Gasteiger partial charge in [0.25, 0.3) is 0 Å². The van der Waals surface area contributed by atoms with Crippen molar-refractivity contribution in [3.8, 4) is 0 Å². The summed E-state index contributed by atoms with van der Waals surface area (Å²) in [4.78, 5) is 28.4. The number of ether oxygens (including phenoxy) is 1. The van der Waals surface area contributed by atoms with Crippen LogP contribution in [0.1, 0.15) is 45.1 Å². The van der Waals surface area contributed by atoms with Crippen LogP contribution in [0.5, 0.6) is 0 Å². The monoisotopic (exact) mass is 455 g/mol. The average molecular weight is 456 g/mol. The lowest BCUT2D eigenvalue weighted by Crippen LogP contribution is -2.52. The van der Waals surface area contributed by atoms with Gasteiger partial charge in [0.05, 0.1) is 5.92 Å². The predicted octanol–water partition coefficient (Wildman–Crippen LogP) is 3.81. The van der Waals surface area contributed by atoms with E-state index in [0.29, 0.717) is 50.3 Å². The molecule has 0 radical (unpaired) electrons. The van der Waals surface area contributed by atoms with Crippen molar-refractivity contribution in [1.82, 2.24) is 15.1 Å². The Morgan fingerprint density at radius 3 is 2.48 bits per heavy atom. The van der Waals surface area contributed by atoms with E-state index in [4.69, 9.17) is 4.74 Å². The van der Waals surface area contributed by atoms with E-state index < -0.39 is 5.60 Å². The first-order valence-corrected chi connectivity index (χ1v) is 11.3. The first-order chi connectivity index (χ1) is 15.7. The van der Waals surface area contributed by atoms with Gasteiger partial charge in [-0.3, -0.25) is 4.79 Å². The third kappa shape index (κ3) is 5.58. The van der Waals surface area contributed by atoms with Gasteiger partial charge in [-0.1, -0.05) is 6.07 Å². The Balaban J connectivity index is 1.28. The maximum Gasteiger partial charge on any atom is 0.410 e. The van der Waals surface area contributed by atoms with Gasteiger partial charge in [0, 0.05) is 38.1 Å². The normalized spacial score (nSPS) is 17.5. The van der Waals surface area contributed by atoms with Gasteiger partial charge in [-0.05, 0) is 69.4 Å². The highest BCUT2D eigenvalue weighted by atomic mass is 19.1. The van der Waals surface area contributed by atoms with Crippen molar-refractivity contribution in [2.24, 2.45) is 5.92 Å². The van der Waals surface area contributed by atoms with E-state index in [2.05, 4.69) is 15.5 Å². The van der Waals surface area contributed by atoms with Gasteiger partial charge in [0.15, 0.2) is 5.82 Å². The molecule has 33 heavy (non-hydrogen) atoms. The van der Waals surface area contributed by atoms with Gasteiger partial charge in [-0.25, -0.2) is 9.18 Å². The summed E-state index contributed by atoms with van der Waals surface area (Å²) in [5, 5.41) is 10.7. The Morgan fingerprint density at radius 1 is 1.15 bits per heavy atom. The van der Waals surface area contributed by atoms with Gasteiger partial charge in [0.2, 0.25) is 5.91 Å². The number of hydrogen-bond donors (Lipinski definition) is 1. The molecule has 0 spiro atoms. The van der Waals surface area contributed by atoms with E-state index in [1.807, 2.05) is 31.7 Å². The minimum atomic E-state index is -0.534. The highest BCUT2D eigenvalue weighted by Gasteiger charge is 2.34. The number of nitrogens with one attached hydrogen (secondary N) is 1. The van der Waals surface area contributed by atoms with Crippen LogP contribution in [0.2, 0.25) is 0 Å². The van der Waals surface area contributed by atoms with Crippen molar-refractivity contribution in [2.45, 2.75) is 45.1 Å². The van der Waals surface area contributed by atoms with Gasteiger partial charge >= 0.3 is 6.09 Å². The summed E-state index contributed by atoms with van der Waals surface area (Å²) < 4.78 is 20.3. The fourth-order valence-electron chi connectivity index (χ4n) is 4.17. The smallest absolute Gasteiger partial charge is 0.410 e. The number of likely N-dealkylation sites (tertiary alicyclic amines) is 1. The SMILES string of the molecule is CC(C)(C)OC(=O)N1CCC(c2ccc(NC(=O)C3CN(c4cccnn4)C3)cc2F)CC1. The van der Waals surface area contributed by atoms with Crippen LogP contribution in [0.4, 0.5) is 20.7 Å². The second kappa shape index (κ2) is 9.33. The molecule has 2 amide bonds. The Labute approximate surface area is 193 Å². The molecule has 9 heteroatoms. The molecule has 1 N–H and O–H groups in total. The molecule has 0 unspecified atom stereocenters. The average Bonchev–Trinajstić information content (AvgIpc) is 2.72. The zero-order valence-electron chi connectivity index (χ0n) is 19.3. The predicted molar refractivity (Wildman–Crippen MR) is 123 cm³/mol. The molecule has 1 aromatic heterocycles. The maximum atomic E-state index is 14.9. The van der Waals surface area contributed by atoms with E-state index in [9.17, 15) is 14.0 Å². The van der Waals surface area contributed by atoms with Crippen LogP contribution in [0.15, 0.2) is 36.5 Å². The number of carbonyl (C=O) groups excluding carboxylic acids is 2. The standard InChI is InChI=1S/C24H30FN5O3/c1-24(2,3)33-23(32)29-11-8-16(9-12-29)19-7-6-18(13-20(19)25)27-22(31)17-14-30(15-17)21-5-4-10-26-28-21/h4-7,10,13,16-17H,8-9,11-12,14-15H2,1-3H3,(H,27,31). The van der Waals surface area contributed by atoms with Gasteiger partial charge < -0.3 is 19.9 Å². The number of benzene rings is 1. The van der Waals surface area contributed by atoms with Crippen molar-refractivity contribution >= 4 is 23.5 Å². The lowest BCUT2D eigenvalue weighted by atomic mass is 9.89. The van der Waals surface area contributed by atoms with Crippen molar-refractivity contribution < 1.29 is 18.7 Å². The molecular formula is C24H30FN5O3. The van der Waals surface area contributed by atoms with Crippen LogP contribution in [0, 0.1) is 11.7 Å². The van der Waals surface area contributed by atoms with Crippen molar-refractivity contribution in [3.63, 3.8) is 0 Å². The van der Waals surface area contributed by atoms with Crippen molar-refractivity contribution in [2.75, 3.05) is 36.4 Å². The second-order valence-electron chi connectivity index (χ2n) is 9.65. The molecule has 8 nitrogen and oxygen atoms in total. The Hall–Kier alpha value is -3.23. The molecular weight excluding hydrogens is 425 g/mol. The molecule has 2 aromatic rings. The Morgan fingerprint density at radius 2 is 1.88 bits per heavy atom. The molecule has 2 fully saturated rings. The van der Waals surface area contributed by atoms with Crippen LogP contribution < -0.4 is 10.2 Å². The Kier molecular flexibility index (Phi) is 6.49. The number of anilines is 2. The molecule has 176 valence electrons. The molecule has 2 aliphatic heterocycles. The first-order valence-electron chi connectivity index (χ1n) is 11.3.